The normalized spacial score (nSPS) is 28.6. The molecule has 4 atom stereocenters. The number of carbonyl (C=O) groups is 1. The molecule has 0 unspecified atom stereocenters. The standard InChI is InChI=1S/C19H36N2O2/c1-3-4-8-11-15-17(20-15)14-18-16(21-18)12-9-6-5-7-10-13-19(22)23-2/h15-18,20-21H,3-14H2,1-2H3/t15-,16+,17+,18-/m0/s1. The Kier molecular flexibility index (Phi) is 8.38. The Morgan fingerprint density at radius 2 is 1.39 bits per heavy atom. The average Bonchev–Trinajstić information content (AvgIpc) is 3.46. The number of hydrogen-bond acceptors (Lipinski definition) is 4. The summed E-state index contributed by atoms with van der Waals surface area (Å²) in [7, 11) is 1.46. The average molecular weight is 325 g/mol. The van der Waals surface area contributed by atoms with Gasteiger partial charge in [-0.3, -0.25) is 4.79 Å². The van der Waals surface area contributed by atoms with E-state index in [0.717, 1.165) is 37.0 Å². The molecule has 0 bridgehead atoms. The van der Waals surface area contributed by atoms with Crippen LogP contribution in [0.15, 0.2) is 0 Å². The lowest BCUT2D eigenvalue weighted by Crippen LogP contribution is -2.03. The molecule has 2 aliphatic heterocycles. The van der Waals surface area contributed by atoms with Crippen LogP contribution in [0.3, 0.4) is 0 Å². The first-order chi connectivity index (χ1) is 11.2. The molecule has 0 saturated carbocycles. The summed E-state index contributed by atoms with van der Waals surface area (Å²) >= 11 is 0. The number of hydrogen-bond donors (Lipinski definition) is 2. The topological polar surface area (TPSA) is 70.2 Å². The van der Waals surface area contributed by atoms with E-state index in [9.17, 15) is 4.79 Å². The summed E-state index contributed by atoms with van der Waals surface area (Å²) < 4.78 is 4.65. The van der Waals surface area contributed by atoms with E-state index in [1.807, 2.05) is 0 Å². The molecule has 2 aliphatic rings. The van der Waals surface area contributed by atoms with Crippen LogP contribution >= 0.6 is 0 Å². The summed E-state index contributed by atoms with van der Waals surface area (Å²) in [5, 5.41) is 7.30. The Morgan fingerprint density at radius 1 is 0.826 bits per heavy atom. The number of esters is 1. The Labute approximate surface area is 142 Å². The highest BCUT2D eigenvalue weighted by molar-refractivity contribution is 5.68. The molecule has 2 rings (SSSR count). The van der Waals surface area contributed by atoms with Crippen molar-refractivity contribution in [2.24, 2.45) is 0 Å². The van der Waals surface area contributed by atoms with Gasteiger partial charge < -0.3 is 15.4 Å². The largest absolute Gasteiger partial charge is 0.469 e. The van der Waals surface area contributed by atoms with Crippen LogP contribution in [0.25, 0.3) is 0 Å². The maximum Gasteiger partial charge on any atom is 0.305 e. The molecule has 0 aliphatic carbocycles. The minimum absolute atomic E-state index is 0.0725. The molecule has 2 saturated heterocycles. The first-order valence-electron chi connectivity index (χ1n) is 9.83. The van der Waals surface area contributed by atoms with Crippen LogP contribution < -0.4 is 10.6 Å². The van der Waals surface area contributed by atoms with Crippen molar-refractivity contribution >= 4 is 5.97 Å². The van der Waals surface area contributed by atoms with Gasteiger partial charge in [0.1, 0.15) is 0 Å². The lowest BCUT2D eigenvalue weighted by molar-refractivity contribution is -0.140. The number of nitrogens with one attached hydrogen (secondary N) is 2. The van der Waals surface area contributed by atoms with Gasteiger partial charge in [-0.2, -0.15) is 0 Å². The molecule has 2 fully saturated rings. The van der Waals surface area contributed by atoms with Gasteiger partial charge in [-0.05, 0) is 25.7 Å². The molecule has 2 heterocycles. The summed E-state index contributed by atoms with van der Waals surface area (Å²) in [4.78, 5) is 11.0. The van der Waals surface area contributed by atoms with E-state index >= 15 is 0 Å². The second-order valence-electron chi connectivity index (χ2n) is 7.37. The van der Waals surface area contributed by atoms with Crippen molar-refractivity contribution < 1.29 is 9.53 Å². The summed E-state index contributed by atoms with van der Waals surface area (Å²) in [5.41, 5.74) is 0. The molecule has 4 heteroatoms. The third kappa shape index (κ3) is 7.67. The summed E-state index contributed by atoms with van der Waals surface area (Å²) in [6.45, 7) is 2.27. The van der Waals surface area contributed by atoms with E-state index < -0.39 is 0 Å². The Balaban J connectivity index is 1.35. The number of rotatable bonds is 14. The van der Waals surface area contributed by atoms with Gasteiger partial charge in [0.05, 0.1) is 7.11 Å². The molecule has 0 spiro atoms. The van der Waals surface area contributed by atoms with E-state index in [1.165, 1.54) is 64.9 Å². The number of ether oxygens (including phenoxy) is 1. The molecule has 0 radical (unpaired) electrons. The van der Waals surface area contributed by atoms with E-state index in [-0.39, 0.29) is 5.97 Å². The van der Waals surface area contributed by atoms with Crippen molar-refractivity contribution in [3.8, 4) is 0 Å². The third-order valence-corrected chi connectivity index (χ3v) is 5.36. The lowest BCUT2D eigenvalue weighted by Gasteiger charge is -2.01. The van der Waals surface area contributed by atoms with Gasteiger partial charge in [-0.1, -0.05) is 51.9 Å². The number of carbonyl (C=O) groups excluding carboxylic acids is 1. The van der Waals surface area contributed by atoms with Gasteiger partial charge in [-0.25, -0.2) is 0 Å². The van der Waals surface area contributed by atoms with Gasteiger partial charge in [0, 0.05) is 30.6 Å². The minimum atomic E-state index is -0.0725. The maximum absolute atomic E-state index is 11.0. The zero-order valence-electron chi connectivity index (χ0n) is 15.1. The van der Waals surface area contributed by atoms with Crippen LogP contribution in [0.5, 0.6) is 0 Å². The van der Waals surface area contributed by atoms with Gasteiger partial charge in [0.15, 0.2) is 0 Å². The Bertz CT molecular complexity index is 348. The molecule has 0 amide bonds. The van der Waals surface area contributed by atoms with Crippen LogP contribution in [0.4, 0.5) is 0 Å². The summed E-state index contributed by atoms with van der Waals surface area (Å²) in [5.74, 6) is -0.0725. The van der Waals surface area contributed by atoms with Crippen molar-refractivity contribution in [2.75, 3.05) is 7.11 Å². The maximum atomic E-state index is 11.0. The Morgan fingerprint density at radius 3 is 2.00 bits per heavy atom. The molecule has 2 N–H and O–H groups in total. The summed E-state index contributed by atoms with van der Waals surface area (Å²) in [6, 6.07) is 3.18. The smallest absolute Gasteiger partial charge is 0.305 e. The number of unbranched alkanes of at least 4 members (excludes halogenated alkanes) is 6. The van der Waals surface area contributed by atoms with Crippen molar-refractivity contribution in [1.82, 2.24) is 10.6 Å². The summed E-state index contributed by atoms with van der Waals surface area (Å²) in [6.07, 6.45) is 14.7. The molecule has 23 heavy (non-hydrogen) atoms. The van der Waals surface area contributed by atoms with Crippen molar-refractivity contribution in [2.45, 2.75) is 108 Å². The van der Waals surface area contributed by atoms with Crippen molar-refractivity contribution in [3.63, 3.8) is 0 Å². The van der Waals surface area contributed by atoms with Crippen LogP contribution in [-0.2, 0) is 9.53 Å². The van der Waals surface area contributed by atoms with Gasteiger partial charge >= 0.3 is 5.97 Å². The van der Waals surface area contributed by atoms with Gasteiger partial charge in [-0.15, -0.1) is 0 Å². The highest BCUT2D eigenvalue weighted by Gasteiger charge is 2.43. The SMILES string of the molecule is CCCCC[C@@H]1N[C@@H]1C[C@@H]1N[C@@H]1CCCCCCCC(=O)OC. The monoisotopic (exact) mass is 324 g/mol. The van der Waals surface area contributed by atoms with Crippen LogP contribution in [0.2, 0.25) is 0 Å². The predicted octanol–water partition coefficient (Wildman–Crippen LogP) is 3.54. The third-order valence-electron chi connectivity index (χ3n) is 5.36. The van der Waals surface area contributed by atoms with Crippen molar-refractivity contribution in [1.29, 1.82) is 0 Å². The Hall–Kier alpha value is -0.610. The van der Waals surface area contributed by atoms with E-state index in [1.54, 1.807) is 0 Å². The quantitative estimate of drug-likeness (QED) is 0.291. The fourth-order valence-electron chi connectivity index (χ4n) is 3.63. The highest BCUT2D eigenvalue weighted by atomic mass is 16.5. The zero-order chi connectivity index (χ0) is 16.5. The van der Waals surface area contributed by atoms with Gasteiger partial charge in [0.25, 0.3) is 0 Å². The predicted molar refractivity (Wildman–Crippen MR) is 94.5 cm³/mol. The van der Waals surface area contributed by atoms with Crippen LogP contribution in [0, 0.1) is 0 Å². The van der Waals surface area contributed by atoms with Crippen molar-refractivity contribution in [3.05, 3.63) is 0 Å². The number of methoxy groups -OCH3 is 1. The molecule has 0 aromatic rings. The van der Waals surface area contributed by atoms with Crippen LogP contribution in [-0.4, -0.2) is 37.2 Å². The van der Waals surface area contributed by atoms with Crippen LogP contribution in [0.1, 0.15) is 84.0 Å². The second kappa shape index (κ2) is 10.3. The molecule has 4 nitrogen and oxygen atoms in total. The van der Waals surface area contributed by atoms with E-state index in [0.29, 0.717) is 6.42 Å². The molecule has 134 valence electrons. The first-order valence-corrected chi connectivity index (χ1v) is 9.83. The molecule has 0 aromatic heterocycles. The molecule has 0 aromatic carbocycles. The van der Waals surface area contributed by atoms with Gasteiger partial charge in [0.2, 0.25) is 0 Å². The highest BCUT2D eigenvalue weighted by Crippen LogP contribution is 2.29. The van der Waals surface area contributed by atoms with E-state index in [4.69, 9.17) is 0 Å². The first kappa shape index (κ1) is 18.7. The molecular formula is C19H36N2O2. The fraction of sp³-hybridized carbons (Fsp3) is 0.947. The second-order valence-corrected chi connectivity index (χ2v) is 7.37. The zero-order valence-corrected chi connectivity index (χ0v) is 15.1. The molecular weight excluding hydrogens is 288 g/mol. The lowest BCUT2D eigenvalue weighted by atomic mass is 10.0. The fourth-order valence-corrected chi connectivity index (χ4v) is 3.63. The van der Waals surface area contributed by atoms with E-state index in [2.05, 4.69) is 22.3 Å². The minimum Gasteiger partial charge on any atom is -0.469 e.